The summed E-state index contributed by atoms with van der Waals surface area (Å²) in [5.74, 6) is -0.286. The zero-order valence-corrected chi connectivity index (χ0v) is 24.7. The topological polar surface area (TPSA) is 45.2 Å². The number of amides is 1. The average molecular weight is 620 g/mol. The van der Waals surface area contributed by atoms with Crippen LogP contribution in [0.5, 0.6) is 0 Å². The number of nitrogens with zero attached hydrogens (tertiary/aromatic N) is 2. The van der Waals surface area contributed by atoms with Gasteiger partial charge in [-0.05, 0) is 46.9 Å². The Morgan fingerprint density at radius 3 is 2.12 bits per heavy atom. The third kappa shape index (κ3) is 8.76. The molecule has 1 amide bonds. The number of hydrogen-bond acceptors (Lipinski definition) is 4. The van der Waals surface area contributed by atoms with Crippen LogP contribution in [0.3, 0.4) is 0 Å². The maximum absolute atomic E-state index is 13.4. The molecule has 4 aromatic carbocycles. The van der Waals surface area contributed by atoms with Gasteiger partial charge in [-0.25, -0.2) is 4.98 Å². The van der Waals surface area contributed by atoms with Gasteiger partial charge in [0.25, 0.3) is 5.91 Å². The second kappa shape index (κ2) is 14.0. The summed E-state index contributed by atoms with van der Waals surface area (Å²) in [5.41, 5.74) is 3.14. The highest BCUT2D eigenvalue weighted by Gasteiger charge is 2.30. The van der Waals surface area contributed by atoms with Crippen molar-refractivity contribution >= 4 is 28.8 Å². The zero-order chi connectivity index (χ0) is 30.2. The molecule has 9 heteroatoms. The van der Waals surface area contributed by atoms with E-state index in [0.717, 1.165) is 22.8 Å². The van der Waals surface area contributed by atoms with Crippen LogP contribution in [0.1, 0.15) is 49.4 Å². The number of carbonyl (C=O) groups is 1. The molecular weight excluding hydrogens is 591 g/mol. The van der Waals surface area contributed by atoms with Gasteiger partial charge in [-0.1, -0.05) is 103 Å². The second-order valence-electron chi connectivity index (χ2n) is 10.2. The van der Waals surface area contributed by atoms with Gasteiger partial charge in [-0.2, -0.15) is 13.2 Å². The Morgan fingerprint density at radius 2 is 1.44 bits per heavy atom. The Hall–Kier alpha value is -3.98. The van der Waals surface area contributed by atoms with Crippen molar-refractivity contribution < 1.29 is 18.0 Å². The molecular formula is C34H29ClF3N3OS. The van der Waals surface area contributed by atoms with Gasteiger partial charge in [-0.3, -0.25) is 9.69 Å². The third-order valence-corrected chi connectivity index (χ3v) is 7.96. The molecule has 5 aromatic rings. The van der Waals surface area contributed by atoms with E-state index < -0.39 is 11.7 Å². The number of carbonyl (C=O) groups excluding carboxylic acids is 1. The molecule has 1 heterocycles. The number of alkyl halides is 3. The number of aromatic nitrogens is 1. The van der Waals surface area contributed by atoms with Crippen molar-refractivity contribution in [2.75, 3.05) is 0 Å². The Bertz CT molecular complexity index is 1640. The van der Waals surface area contributed by atoms with Crippen molar-refractivity contribution in [3.8, 4) is 0 Å². The number of benzene rings is 4. The second-order valence-corrected chi connectivity index (χ2v) is 11.6. The molecule has 0 bridgehead atoms. The molecule has 1 aromatic heterocycles. The lowest BCUT2D eigenvalue weighted by Gasteiger charge is -2.22. The first kappa shape index (κ1) is 30.5. The van der Waals surface area contributed by atoms with Crippen molar-refractivity contribution in [2.24, 2.45) is 0 Å². The predicted octanol–water partition coefficient (Wildman–Crippen LogP) is 8.73. The van der Waals surface area contributed by atoms with E-state index in [1.54, 1.807) is 17.5 Å². The van der Waals surface area contributed by atoms with Crippen LogP contribution in [-0.4, -0.2) is 15.8 Å². The van der Waals surface area contributed by atoms with Crippen LogP contribution in [0.2, 0.25) is 5.02 Å². The van der Waals surface area contributed by atoms with E-state index in [1.165, 1.54) is 23.5 Å². The predicted molar refractivity (Wildman–Crippen MR) is 165 cm³/mol. The molecule has 0 radical (unpaired) electrons. The fourth-order valence-corrected chi connectivity index (χ4v) is 5.89. The minimum absolute atomic E-state index is 0.249. The van der Waals surface area contributed by atoms with Crippen LogP contribution in [0.25, 0.3) is 0 Å². The van der Waals surface area contributed by atoms with Crippen LogP contribution < -0.4 is 5.32 Å². The first-order chi connectivity index (χ1) is 20.7. The van der Waals surface area contributed by atoms with Crippen LogP contribution in [0, 0.1) is 0 Å². The van der Waals surface area contributed by atoms with Gasteiger partial charge in [-0.15, -0.1) is 11.3 Å². The minimum atomic E-state index is -4.43. The third-order valence-electron chi connectivity index (χ3n) is 6.89. The molecule has 0 saturated heterocycles. The molecule has 220 valence electrons. The molecule has 1 N–H and O–H groups in total. The van der Waals surface area contributed by atoms with E-state index >= 15 is 0 Å². The number of hydrogen-bond donors (Lipinski definition) is 1. The van der Waals surface area contributed by atoms with Gasteiger partial charge in [0.2, 0.25) is 0 Å². The Morgan fingerprint density at radius 1 is 0.814 bits per heavy atom. The fraction of sp³-hybridized carbons (Fsp3) is 0.176. The molecule has 43 heavy (non-hydrogen) atoms. The summed E-state index contributed by atoms with van der Waals surface area (Å²) in [6.07, 6.45) is -3.80. The number of nitrogens with one attached hydrogen (secondary N) is 1. The highest BCUT2D eigenvalue weighted by atomic mass is 35.5. The first-order valence-electron chi connectivity index (χ1n) is 13.7. The Kier molecular flexibility index (Phi) is 9.92. The van der Waals surface area contributed by atoms with E-state index in [-0.39, 0.29) is 18.5 Å². The normalized spacial score (nSPS) is 12.3. The molecule has 0 aliphatic rings. The summed E-state index contributed by atoms with van der Waals surface area (Å²) >= 11 is 7.54. The zero-order valence-electron chi connectivity index (χ0n) is 23.1. The smallest absolute Gasteiger partial charge is 0.344 e. The van der Waals surface area contributed by atoms with Crippen molar-refractivity contribution in [3.05, 3.63) is 158 Å². The monoisotopic (exact) mass is 619 g/mol. The summed E-state index contributed by atoms with van der Waals surface area (Å²) < 4.78 is 40.1. The molecule has 0 saturated carbocycles. The summed E-state index contributed by atoms with van der Waals surface area (Å²) in [6.45, 7) is 1.03. The van der Waals surface area contributed by atoms with Gasteiger partial charge in [0, 0.05) is 23.5 Å². The Balaban J connectivity index is 1.33. The van der Waals surface area contributed by atoms with Gasteiger partial charge < -0.3 is 5.32 Å². The lowest BCUT2D eigenvalue weighted by Crippen LogP contribution is -2.30. The van der Waals surface area contributed by atoms with Crippen LogP contribution in [-0.2, 0) is 32.2 Å². The molecule has 0 aliphatic carbocycles. The van der Waals surface area contributed by atoms with Crippen LogP contribution in [0.15, 0.2) is 115 Å². The minimum Gasteiger partial charge on any atom is -0.344 e. The summed E-state index contributed by atoms with van der Waals surface area (Å²) in [4.78, 5) is 20.0. The van der Waals surface area contributed by atoms with Gasteiger partial charge in [0.15, 0.2) is 0 Å². The summed E-state index contributed by atoms with van der Waals surface area (Å²) in [5, 5.41) is 6.12. The largest absolute Gasteiger partial charge is 0.416 e. The number of rotatable bonds is 11. The lowest BCUT2D eigenvalue weighted by atomic mass is 9.99. The number of thiazole rings is 1. The molecule has 0 aliphatic heterocycles. The maximum Gasteiger partial charge on any atom is 0.416 e. The first-order valence-corrected chi connectivity index (χ1v) is 15.0. The molecule has 1 atom stereocenters. The number of halogens is 4. The molecule has 4 nitrogen and oxygen atoms in total. The van der Waals surface area contributed by atoms with Gasteiger partial charge >= 0.3 is 6.18 Å². The lowest BCUT2D eigenvalue weighted by molar-refractivity contribution is -0.137. The summed E-state index contributed by atoms with van der Waals surface area (Å²) in [7, 11) is 0. The fourth-order valence-electron chi connectivity index (χ4n) is 4.86. The quantitative estimate of drug-likeness (QED) is 0.161. The highest BCUT2D eigenvalue weighted by Crippen LogP contribution is 2.30. The van der Waals surface area contributed by atoms with E-state index in [2.05, 4.69) is 10.3 Å². The molecule has 0 unspecified atom stereocenters. The Labute approximate surface area is 257 Å². The molecule has 5 rings (SSSR count). The van der Waals surface area contributed by atoms with Gasteiger partial charge in [0.05, 0.1) is 18.2 Å². The van der Waals surface area contributed by atoms with Crippen molar-refractivity contribution in [3.63, 3.8) is 0 Å². The highest BCUT2D eigenvalue weighted by molar-refractivity contribution is 7.09. The van der Waals surface area contributed by atoms with E-state index in [1.807, 2.05) is 83.8 Å². The van der Waals surface area contributed by atoms with Crippen molar-refractivity contribution in [1.29, 1.82) is 0 Å². The average Bonchev–Trinajstić information content (AvgIpc) is 3.46. The summed E-state index contributed by atoms with van der Waals surface area (Å²) in [6, 6.07) is 32.2. The van der Waals surface area contributed by atoms with Crippen LogP contribution >= 0.6 is 22.9 Å². The van der Waals surface area contributed by atoms with E-state index in [9.17, 15) is 18.0 Å². The van der Waals surface area contributed by atoms with Crippen LogP contribution in [0.4, 0.5) is 13.2 Å². The molecule has 0 fully saturated rings. The van der Waals surface area contributed by atoms with Gasteiger partial charge in [0.1, 0.15) is 10.7 Å². The van der Waals surface area contributed by atoms with Crippen molar-refractivity contribution in [2.45, 2.75) is 38.3 Å². The maximum atomic E-state index is 13.4. The molecule has 0 spiro atoms. The van der Waals surface area contributed by atoms with E-state index in [4.69, 9.17) is 11.6 Å². The van der Waals surface area contributed by atoms with Crippen molar-refractivity contribution in [1.82, 2.24) is 15.2 Å². The van der Waals surface area contributed by atoms with E-state index in [0.29, 0.717) is 40.8 Å². The standard InChI is InChI=1S/C34H29ClF3N3OS/c35-29-16-8-12-26(18-29)21-41(20-25-11-7-15-28(17-25)34(36,37)38)22-32-39-31(23-43-32)33(42)40-30(27-13-5-2-6-14-27)19-24-9-3-1-4-10-24/h1-18,23,30H,19-22H2,(H,40,42)/t30-/m0/s1. The SMILES string of the molecule is O=C(N[C@@H](Cc1ccccc1)c1ccccc1)c1csc(CN(Cc2cccc(Cl)c2)Cc2cccc(C(F)(F)F)c2)n1.